The Balaban J connectivity index is 2.22. The second-order valence-electron chi connectivity index (χ2n) is 7.09. The molecular weight excluding hydrogens is 341 g/mol. The molecule has 0 radical (unpaired) electrons. The Kier molecular flexibility index (Phi) is 11.1. The van der Waals surface area contributed by atoms with Crippen LogP contribution in [0.5, 0.6) is 0 Å². The molecule has 0 spiro atoms. The number of hydrogen-bond acceptors (Lipinski definition) is 1. The van der Waals surface area contributed by atoms with E-state index in [2.05, 4.69) is 13.8 Å². The van der Waals surface area contributed by atoms with Crippen molar-refractivity contribution in [1.82, 2.24) is 4.90 Å². The summed E-state index contributed by atoms with van der Waals surface area (Å²) in [6.45, 7) is 5.69. The lowest BCUT2D eigenvalue weighted by Crippen LogP contribution is -2.36. The van der Waals surface area contributed by atoms with Crippen molar-refractivity contribution in [3.8, 4) is 0 Å². The Morgan fingerprint density at radius 3 is 2.00 bits per heavy atom. The number of hydrogen-bond donors (Lipinski definition) is 0. The molecule has 1 rings (SSSR count). The molecule has 1 amide bonds. The van der Waals surface area contributed by atoms with E-state index in [0.717, 1.165) is 31.4 Å². The molecule has 1 atom stereocenters. The molecule has 1 saturated heterocycles. The molecule has 0 aromatic heterocycles. The van der Waals surface area contributed by atoms with Crippen LogP contribution in [-0.2, 0) is 4.79 Å². The van der Waals surface area contributed by atoms with Crippen molar-refractivity contribution in [2.75, 3.05) is 13.1 Å². The summed E-state index contributed by atoms with van der Waals surface area (Å²) in [7, 11) is 0. The van der Waals surface area contributed by atoms with E-state index in [1.165, 1.54) is 56.9 Å². The quantitative estimate of drug-likeness (QED) is 0.260. The van der Waals surface area contributed by atoms with Gasteiger partial charge in [0.25, 0.3) is 0 Å². The first kappa shape index (κ1) is 21.8. The molecule has 0 N–H and O–H groups in total. The lowest BCUT2D eigenvalue weighted by atomic mass is 9.94. The fourth-order valence-corrected chi connectivity index (χ4v) is 4.16. The summed E-state index contributed by atoms with van der Waals surface area (Å²) in [4.78, 5) is 13.5. The summed E-state index contributed by atoms with van der Waals surface area (Å²) in [5.74, 6) is 0.0499. The SMILES string of the molecule is CCCCCCCCCCCCC1(Cl)C(=O)N(CCC)C/C1=C\Cl. The van der Waals surface area contributed by atoms with Crippen molar-refractivity contribution < 1.29 is 4.79 Å². The van der Waals surface area contributed by atoms with Crippen molar-refractivity contribution in [2.45, 2.75) is 95.8 Å². The normalized spacial score (nSPS) is 22.8. The number of carbonyl (C=O) groups is 1. The number of nitrogens with zero attached hydrogens (tertiary/aromatic N) is 1. The van der Waals surface area contributed by atoms with E-state index in [1.807, 2.05) is 4.90 Å². The second kappa shape index (κ2) is 12.2. The van der Waals surface area contributed by atoms with E-state index in [0.29, 0.717) is 13.0 Å². The summed E-state index contributed by atoms with van der Waals surface area (Å²) in [5.41, 5.74) is 2.40. The predicted octanol–water partition coefficient (Wildman–Crippen LogP) is 6.65. The Labute approximate surface area is 159 Å². The molecule has 24 heavy (non-hydrogen) atoms. The van der Waals surface area contributed by atoms with Crippen LogP contribution in [0.3, 0.4) is 0 Å². The number of halogens is 2. The predicted molar refractivity (Wildman–Crippen MR) is 106 cm³/mol. The highest BCUT2D eigenvalue weighted by atomic mass is 35.5. The zero-order chi connectivity index (χ0) is 17.8. The minimum atomic E-state index is -0.878. The molecule has 140 valence electrons. The first-order valence-corrected chi connectivity index (χ1v) is 10.7. The van der Waals surface area contributed by atoms with Crippen molar-refractivity contribution in [2.24, 2.45) is 0 Å². The molecule has 0 bridgehead atoms. The molecule has 1 aliphatic heterocycles. The van der Waals surface area contributed by atoms with Crippen LogP contribution < -0.4 is 0 Å². The first-order valence-electron chi connectivity index (χ1n) is 9.88. The summed E-state index contributed by atoms with van der Waals surface area (Å²) in [6, 6.07) is 0. The molecule has 0 aliphatic carbocycles. The van der Waals surface area contributed by atoms with Crippen molar-refractivity contribution in [1.29, 1.82) is 0 Å². The summed E-state index contributed by atoms with van der Waals surface area (Å²) in [6.07, 6.45) is 14.5. The Bertz CT molecular complexity index is 397. The van der Waals surface area contributed by atoms with Crippen LogP contribution in [0, 0.1) is 0 Å². The van der Waals surface area contributed by atoms with Crippen molar-refractivity contribution >= 4 is 29.1 Å². The van der Waals surface area contributed by atoms with Gasteiger partial charge in [0, 0.05) is 18.6 Å². The molecule has 1 fully saturated rings. The van der Waals surface area contributed by atoms with Gasteiger partial charge in [-0.2, -0.15) is 0 Å². The zero-order valence-electron chi connectivity index (χ0n) is 15.6. The van der Waals surface area contributed by atoms with E-state index < -0.39 is 4.87 Å². The third-order valence-corrected chi connectivity index (χ3v) is 5.85. The highest BCUT2D eigenvalue weighted by molar-refractivity contribution is 6.39. The number of amides is 1. The fraction of sp³-hybridized carbons (Fsp3) is 0.850. The fourth-order valence-electron chi connectivity index (χ4n) is 3.49. The van der Waals surface area contributed by atoms with Gasteiger partial charge < -0.3 is 4.90 Å². The topological polar surface area (TPSA) is 20.3 Å². The monoisotopic (exact) mass is 375 g/mol. The van der Waals surface area contributed by atoms with Crippen LogP contribution in [0.1, 0.15) is 90.9 Å². The highest BCUT2D eigenvalue weighted by Crippen LogP contribution is 2.39. The zero-order valence-corrected chi connectivity index (χ0v) is 17.1. The molecule has 1 unspecified atom stereocenters. The maximum atomic E-state index is 12.6. The Hall–Kier alpha value is -0.210. The largest absolute Gasteiger partial charge is 0.337 e. The van der Waals surface area contributed by atoms with Crippen LogP contribution >= 0.6 is 23.2 Å². The summed E-state index contributed by atoms with van der Waals surface area (Å²) >= 11 is 12.6. The molecular formula is C20H35Cl2NO. The molecule has 0 aromatic carbocycles. The standard InChI is InChI=1S/C20H35Cl2NO/c1-3-5-6-7-8-9-10-11-12-13-14-20(22)18(16-21)17-23(15-4-2)19(20)24/h16H,3-15,17H2,1-2H3/b18-16+. The lowest BCUT2D eigenvalue weighted by molar-refractivity contribution is -0.130. The first-order chi connectivity index (χ1) is 11.6. The van der Waals surface area contributed by atoms with Gasteiger partial charge in [-0.25, -0.2) is 0 Å². The second-order valence-corrected chi connectivity index (χ2v) is 7.96. The van der Waals surface area contributed by atoms with E-state index in [-0.39, 0.29) is 5.91 Å². The maximum absolute atomic E-state index is 12.6. The van der Waals surface area contributed by atoms with Gasteiger partial charge in [0.05, 0.1) is 0 Å². The molecule has 0 aromatic rings. The highest BCUT2D eigenvalue weighted by Gasteiger charge is 2.48. The minimum Gasteiger partial charge on any atom is -0.337 e. The minimum absolute atomic E-state index is 0.0499. The van der Waals surface area contributed by atoms with Gasteiger partial charge in [-0.1, -0.05) is 89.7 Å². The number of alkyl halides is 1. The number of carbonyl (C=O) groups excluding carboxylic acids is 1. The van der Waals surface area contributed by atoms with E-state index in [9.17, 15) is 4.79 Å². The molecule has 1 heterocycles. The van der Waals surface area contributed by atoms with Gasteiger partial charge >= 0.3 is 0 Å². The Morgan fingerprint density at radius 2 is 1.50 bits per heavy atom. The van der Waals surface area contributed by atoms with Gasteiger partial charge in [0.1, 0.15) is 4.87 Å². The van der Waals surface area contributed by atoms with Crippen molar-refractivity contribution in [3.05, 3.63) is 11.1 Å². The van der Waals surface area contributed by atoms with Gasteiger partial charge in [-0.15, -0.1) is 11.6 Å². The van der Waals surface area contributed by atoms with Gasteiger partial charge in [-0.05, 0) is 18.4 Å². The third kappa shape index (κ3) is 6.59. The lowest BCUT2D eigenvalue weighted by Gasteiger charge is -2.21. The molecule has 2 nitrogen and oxygen atoms in total. The number of unbranched alkanes of at least 4 members (excludes halogenated alkanes) is 9. The van der Waals surface area contributed by atoms with Crippen LogP contribution in [0.15, 0.2) is 11.1 Å². The van der Waals surface area contributed by atoms with Crippen LogP contribution in [0.2, 0.25) is 0 Å². The van der Waals surface area contributed by atoms with E-state index >= 15 is 0 Å². The van der Waals surface area contributed by atoms with E-state index in [1.54, 1.807) is 0 Å². The van der Waals surface area contributed by atoms with Crippen LogP contribution in [0.4, 0.5) is 0 Å². The Morgan fingerprint density at radius 1 is 0.958 bits per heavy atom. The molecule has 1 aliphatic rings. The molecule has 4 heteroatoms. The average Bonchev–Trinajstić information content (AvgIpc) is 2.81. The summed E-state index contributed by atoms with van der Waals surface area (Å²) < 4.78 is 0. The smallest absolute Gasteiger partial charge is 0.248 e. The maximum Gasteiger partial charge on any atom is 0.248 e. The van der Waals surface area contributed by atoms with Gasteiger partial charge in [-0.3, -0.25) is 4.79 Å². The third-order valence-electron chi connectivity index (χ3n) is 5.00. The van der Waals surface area contributed by atoms with Crippen LogP contribution in [0.25, 0.3) is 0 Å². The van der Waals surface area contributed by atoms with Gasteiger partial charge in [0.2, 0.25) is 5.91 Å². The molecule has 0 saturated carbocycles. The van der Waals surface area contributed by atoms with Crippen molar-refractivity contribution in [3.63, 3.8) is 0 Å². The summed E-state index contributed by atoms with van der Waals surface area (Å²) in [5, 5.41) is 0. The number of likely N-dealkylation sites (tertiary alicyclic amines) is 1. The van der Waals surface area contributed by atoms with E-state index in [4.69, 9.17) is 23.2 Å². The average molecular weight is 376 g/mol. The van der Waals surface area contributed by atoms with Crippen LogP contribution in [-0.4, -0.2) is 28.8 Å². The van der Waals surface area contributed by atoms with Gasteiger partial charge in [0.15, 0.2) is 0 Å². The number of rotatable bonds is 13.